The number of ether oxygens (including phenoxy) is 2. The van der Waals surface area contributed by atoms with Gasteiger partial charge in [-0.1, -0.05) is 18.9 Å². The summed E-state index contributed by atoms with van der Waals surface area (Å²) in [5.74, 6) is 2.10. The maximum atomic E-state index is 13.0. The number of carbonyl (C=O) groups excluding carboxylic acids is 1. The second-order valence-electron chi connectivity index (χ2n) is 9.91. The van der Waals surface area contributed by atoms with Crippen molar-refractivity contribution < 1.29 is 14.3 Å². The largest absolute Gasteiger partial charge is 0.494 e. The Hall–Kier alpha value is -1.42. The minimum absolute atomic E-state index is 0.147. The second kappa shape index (κ2) is 8.02. The normalized spacial score (nSPS) is 28.3. The maximum absolute atomic E-state index is 13.0. The molecule has 2 bridgehead atoms. The lowest BCUT2D eigenvalue weighted by atomic mass is 9.52. The van der Waals surface area contributed by atoms with E-state index in [0.29, 0.717) is 18.4 Å². The van der Waals surface area contributed by atoms with Gasteiger partial charge in [0.25, 0.3) is 0 Å². The number of piperidine rings is 1. The van der Waals surface area contributed by atoms with E-state index < -0.39 is 5.60 Å². The van der Waals surface area contributed by atoms with Crippen LogP contribution in [0.5, 0.6) is 5.75 Å². The Labute approximate surface area is 179 Å². The number of rotatable bonds is 4. The van der Waals surface area contributed by atoms with Gasteiger partial charge in [-0.25, -0.2) is 4.79 Å². The quantitative estimate of drug-likeness (QED) is 0.465. The van der Waals surface area contributed by atoms with Crippen LogP contribution in [0, 0.1) is 5.92 Å². The second-order valence-corrected chi connectivity index (χ2v) is 10.3. The minimum atomic E-state index is -0.458. The van der Waals surface area contributed by atoms with Gasteiger partial charge in [0, 0.05) is 23.9 Å². The first-order valence-corrected chi connectivity index (χ1v) is 11.7. The van der Waals surface area contributed by atoms with Crippen molar-refractivity contribution in [2.45, 2.75) is 82.8 Å². The van der Waals surface area contributed by atoms with Crippen molar-refractivity contribution in [1.29, 1.82) is 0 Å². The molecule has 2 aliphatic carbocycles. The first-order valence-electron chi connectivity index (χ1n) is 11.2. The van der Waals surface area contributed by atoms with Crippen LogP contribution >= 0.6 is 11.6 Å². The summed E-state index contributed by atoms with van der Waals surface area (Å²) in [4.78, 5) is 15.0. The average Bonchev–Trinajstić information content (AvgIpc) is 2.67. The molecule has 160 valence electrons. The molecule has 3 aliphatic rings. The molecule has 3 atom stereocenters. The lowest BCUT2D eigenvalue weighted by Crippen LogP contribution is -2.62. The summed E-state index contributed by atoms with van der Waals surface area (Å²) in [7, 11) is 0. The molecular weight excluding hydrogens is 386 g/mol. The van der Waals surface area contributed by atoms with E-state index in [1.54, 1.807) is 0 Å². The van der Waals surface area contributed by atoms with Crippen LogP contribution in [0.25, 0.3) is 0 Å². The van der Waals surface area contributed by atoms with E-state index in [-0.39, 0.29) is 17.6 Å². The first kappa shape index (κ1) is 20.8. The highest BCUT2D eigenvalue weighted by Crippen LogP contribution is 2.56. The van der Waals surface area contributed by atoms with Crippen LogP contribution in [0.15, 0.2) is 18.2 Å². The molecule has 1 saturated carbocycles. The fraction of sp³-hybridized carbons (Fsp3) is 0.708. The highest BCUT2D eigenvalue weighted by molar-refractivity contribution is 6.17. The smallest absolute Gasteiger partial charge is 0.410 e. The zero-order chi connectivity index (χ0) is 20.6. The summed E-state index contributed by atoms with van der Waals surface area (Å²) in [5.41, 5.74) is 2.58. The summed E-state index contributed by atoms with van der Waals surface area (Å²) >= 11 is 5.80. The lowest BCUT2D eigenvalue weighted by Gasteiger charge is -2.58. The molecule has 2 fully saturated rings. The van der Waals surface area contributed by atoms with Gasteiger partial charge in [-0.05, 0) is 82.1 Å². The number of hydrogen-bond acceptors (Lipinski definition) is 3. The van der Waals surface area contributed by atoms with Gasteiger partial charge in [-0.3, -0.25) is 0 Å². The topological polar surface area (TPSA) is 38.8 Å². The molecule has 0 unspecified atom stereocenters. The van der Waals surface area contributed by atoms with Crippen LogP contribution in [0.1, 0.15) is 70.4 Å². The zero-order valence-electron chi connectivity index (χ0n) is 18.0. The van der Waals surface area contributed by atoms with Crippen LogP contribution in [-0.2, 0) is 16.6 Å². The van der Waals surface area contributed by atoms with Crippen LogP contribution in [0.3, 0.4) is 0 Å². The van der Waals surface area contributed by atoms with E-state index in [9.17, 15) is 4.79 Å². The predicted octanol–water partition coefficient (Wildman–Crippen LogP) is 5.69. The van der Waals surface area contributed by atoms with E-state index in [1.165, 1.54) is 36.8 Å². The summed E-state index contributed by atoms with van der Waals surface area (Å²) in [6.07, 6.45) is 7.59. The van der Waals surface area contributed by atoms with Gasteiger partial charge in [-0.2, -0.15) is 0 Å². The predicted molar refractivity (Wildman–Crippen MR) is 116 cm³/mol. The average molecular weight is 420 g/mol. The van der Waals surface area contributed by atoms with E-state index in [4.69, 9.17) is 21.1 Å². The van der Waals surface area contributed by atoms with Crippen LogP contribution in [0.2, 0.25) is 0 Å². The molecule has 1 aromatic carbocycles. The highest BCUT2D eigenvalue weighted by Gasteiger charge is 2.55. The third kappa shape index (κ3) is 3.97. The maximum Gasteiger partial charge on any atom is 0.410 e. The third-order valence-corrected chi connectivity index (χ3v) is 7.25. The van der Waals surface area contributed by atoms with Crippen molar-refractivity contribution in [3.05, 3.63) is 29.3 Å². The first-order chi connectivity index (χ1) is 13.8. The monoisotopic (exact) mass is 419 g/mol. The molecule has 1 heterocycles. The Balaban J connectivity index is 1.65. The highest BCUT2D eigenvalue weighted by atomic mass is 35.5. The summed E-state index contributed by atoms with van der Waals surface area (Å²) in [5, 5.41) is 0. The number of likely N-dealkylation sites (tertiary alicyclic amines) is 1. The van der Waals surface area contributed by atoms with Crippen LogP contribution in [-0.4, -0.2) is 41.7 Å². The molecule has 0 aromatic heterocycles. The lowest BCUT2D eigenvalue weighted by molar-refractivity contribution is -0.0349. The number of nitrogens with zero attached hydrogens (tertiary/aromatic N) is 1. The fourth-order valence-electron chi connectivity index (χ4n) is 5.87. The molecule has 1 aliphatic heterocycles. The Morgan fingerprint density at radius 2 is 2.10 bits per heavy atom. The molecule has 4 nitrogen and oxygen atoms in total. The van der Waals surface area contributed by atoms with Gasteiger partial charge < -0.3 is 14.4 Å². The van der Waals surface area contributed by atoms with Crippen molar-refractivity contribution in [2.24, 2.45) is 5.92 Å². The van der Waals surface area contributed by atoms with Gasteiger partial charge in [0.05, 0.1) is 6.61 Å². The standard InChI is InChI=1S/C24H34ClNO3/c1-23(2,3)29-22(27)26-13-11-24-10-5-4-7-19(24)21(26)15-17-8-9-18(16-20(17)24)28-14-6-12-25/h8-9,16,19,21H,4-7,10-15H2,1-3H3/t19-,21+,24+/m0/s1. The van der Waals surface area contributed by atoms with Crippen molar-refractivity contribution in [2.75, 3.05) is 19.0 Å². The number of halogens is 1. The van der Waals surface area contributed by atoms with Crippen molar-refractivity contribution in [3.8, 4) is 5.75 Å². The molecule has 4 rings (SSSR count). The number of carbonyl (C=O) groups is 1. The van der Waals surface area contributed by atoms with E-state index in [0.717, 1.165) is 31.6 Å². The summed E-state index contributed by atoms with van der Waals surface area (Å²) < 4.78 is 11.7. The van der Waals surface area contributed by atoms with Gasteiger partial charge in [0.15, 0.2) is 0 Å². The molecular formula is C24H34ClNO3. The van der Waals surface area contributed by atoms with Gasteiger partial charge in [0.1, 0.15) is 11.4 Å². The molecule has 1 aromatic rings. The van der Waals surface area contributed by atoms with Crippen LogP contribution in [0.4, 0.5) is 4.79 Å². The number of benzene rings is 1. The third-order valence-electron chi connectivity index (χ3n) is 6.98. The van der Waals surface area contributed by atoms with E-state index in [2.05, 4.69) is 18.2 Å². The molecule has 1 saturated heterocycles. The van der Waals surface area contributed by atoms with Gasteiger partial charge in [-0.15, -0.1) is 11.6 Å². The SMILES string of the molecule is CC(C)(C)OC(=O)N1CC[C@]23CCCC[C@H]2[C@H]1Cc1ccc(OCCCCl)cc13. The number of hydrogen-bond donors (Lipinski definition) is 0. The molecule has 0 spiro atoms. The van der Waals surface area contributed by atoms with Crippen molar-refractivity contribution in [1.82, 2.24) is 4.90 Å². The number of fused-ring (bicyclic) bond motifs is 1. The van der Waals surface area contributed by atoms with Crippen LogP contribution < -0.4 is 4.74 Å². The Morgan fingerprint density at radius 1 is 1.28 bits per heavy atom. The zero-order valence-corrected chi connectivity index (χ0v) is 18.8. The summed E-state index contributed by atoms with van der Waals surface area (Å²) in [6.45, 7) is 7.28. The summed E-state index contributed by atoms with van der Waals surface area (Å²) in [6, 6.07) is 6.85. The van der Waals surface area contributed by atoms with Crippen molar-refractivity contribution in [3.63, 3.8) is 0 Å². The number of alkyl halides is 1. The Morgan fingerprint density at radius 3 is 2.86 bits per heavy atom. The fourth-order valence-corrected chi connectivity index (χ4v) is 5.98. The number of amides is 1. The molecule has 0 radical (unpaired) electrons. The van der Waals surface area contributed by atoms with Crippen molar-refractivity contribution >= 4 is 17.7 Å². The van der Waals surface area contributed by atoms with Gasteiger partial charge >= 0.3 is 6.09 Å². The molecule has 0 N–H and O–H groups in total. The molecule has 29 heavy (non-hydrogen) atoms. The van der Waals surface area contributed by atoms with Gasteiger partial charge in [0.2, 0.25) is 0 Å². The molecule has 1 amide bonds. The van der Waals surface area contributed by atoms with E-state index in [1.807, 2.05) is 25.7 Å². The minimum Gasteiger partial charge on any atom is -0.494 e. The molecule has 5 heteroatoms. The van der Waals surface area contributed by atoms with E-state index >= 15 is 0 Å². The Kier molecular flexibility index (Phi) is 5.76. The Bertz CT molecular complexity index is 759.